The molecule has 2 fully saturated rings. The summed E-state index contributed by atoms with van der Waals surface area (Å²) in [4.78, 5) is 14.7. The molecule has 4 atom stereocenters. The Balaban J connectivity index is 0.000000360. The Morgan fingerprint density at radius 3 is 2.34 bits per heavy atom. The molecule has 2 N–H and O–H groups in total. The average Bonchev–Trinajstić information content (AvgIpc) is 3.02. The lowest BCUT2D eigenvalue weighted by Gasteiger charge is -2.46. The lowest BCUT2D eigenvalue weighted by atomic mass is 9.58. The van der Waals surface area contributed by atoms with Gasteiger partial charge in [-0.3, -0.25) is 9.35 Å². The molecule has 0 radical (unpaired) electrons. The fourth-order valence-electron chi connectivity index (χ4n) is 6.28. The summed E-state index contributed by atoms with van der Waals surface area (Å²) >= 11 is 0. The van der Waals surface area contributed by atoms with Crippen LogP contribution in [0.1, 0.15) is 79.1 Å². The summed E-state index contributed by atoms with van der Waals surface area (Å²) in [6.45, 7) is 12.2. The van der Waals surface area contributed by atoms with Gasteiger partial charge in [-0.15, -0.1) is 0 Å². The van der Waals surface area contributed by atoms with Crippen molar-refractivity contribution in [2.24, 2.45) is 17.3 Å². The molecular weight excluding hydrogens is 430 g/mol. The first-order valence-electron chi connectivity index (χ1n) is 12.0. The van der Waals surface area contributed by atoms with Gasteiger partial charge in [-0.1, -0.05) is 50.5 Å². The molecule has 8 heteroatoms. The van der Waals surface area contributed by atoms with Crippen molar-refractivity contribution >= 4 is 16.2 Å². The minimum absolute atomic E-state index is 0.100. The molecule has 2 saturated carbocycles. The number of nitrogens with zero attached hydrogens (tertiary/aromatic N) is 1. The molecule has 0 aromatic carbocycles. The number of Topliss-reactive ketones (excluding diaryl/α,β-unsaturated/α-hetero) is 1. The van der Waals surface area contributed by atoms with E-state index < -0.39 is 16.2 Å². The van der Waals surface area contributed by atoms with Gasteiger partial charge < -0.3 is 10.0 Å². The van der Waals surface area contributed by atoms with Crippen molar-refractivity contribution in [3.8, 4) is 0 Å². The van der Waals surface area contributed by atoms with Crippen molar-refractivity contribution < 1.29 is 27.1 Å². The van der Waals surface area contributed by atoms with Crippen LogP contribution >= 0.6 is 0 Å². The van der Waals surface area contributed by atoms with E-state index in [1.54, 1.807) is 0 Å². The molecule has 4 aliphatic rings. The molecule has 0 aromatic rings. The number of ketones is 1. The minimum atomic E-state index is -4.69. The van der Waals surface area contributed by atoms with Gasteiger partial charge in [0.2, 0.25) is 0 Å². The minimum Gasteiger partial charge on any atom is -0.364 e. The van der Waals surface area contributed by atoms with E-state index in [1.165, 1.54) is 30.8 Å². The standard InChI is InChI=1S/C18H24O6S.C6H15N/c1-17-8-6-13-12-7-9-18(20,24-25(21,22)23)10-11(12)2-3-14(13)15(17)4-5-16(17)19;1-4-7(5-2)6-3/h3,13,15,20H,2,4-10H2,1H3,(H,21,22,23);4-6H2,1-3H3/t13-,15+,17+,18+;/m1./s1. The molecule has 0 heterocycles. The molecule has 0 aromatic heterocycles. The van der Waals surface area contributed by atoms with E-state index in [0.717, 1.165) is 24.8 Å². The normalized spacial score (nSPS) is 34.3. The monoisotopic (exact) mass is 469 g/mol. The molecule has 0 bridgehead atoms. The van der Waals surface area contributed by atoms with E-state index in [-0.39, 0.29) is 18.3 Å². The Bertz CT molecular complexity index is 885. The molecule has 4 aliphatic carbocycles. The quantitative estimate of drug-likeness (QED) is 0.356. The summed E-state index contributed by atoms with van der Waals surface area (Å²) < 4.78 is 35.4. The van der Waals surface area contributed by atoms with Crippen LogP contribution in [0.5, 0.6) is 0 Å². The van der Waals surface area contributed by atoms with Crippen LogP contribution in [0.4, 0.5) is 0 Å². The van der Waals surface area contributed by atoms with Gasteiger partial charge in [0.05, 0.1) is 0 Å². The molecule has 0 aliphatic heterocycles. The molecule has 7 nitrogen and oxygen atoms in total. The third-order valence-electron chi connectivity index (χ3n) is 8.16. The van der Waals surface area contributed by atoms with Gasteiger partial charge >= 0.3 is 10.4 Å². The highest BCUT2D eigenvalue weighted by Crippen LogP contribution is 2.58. The number of hydrogen-bond donors (Lipinski definition) is 2. The highest BCUT2D eigenvalue weighted by atomic mass is 32.3. The Labute approximate surface area is 192 Å². The van der Waals surface area contributed by atoms with Crippen LogP contribution in [0.2, 0.25) is 0 Å². The maximum Gasteiger partial charge on any atom is 0.400 e. The van der Waals surface area contributed by atoms with Crippen LogP contribution in [0.3, 0.4) is 0 Å². The zero-order valence-corrected chi connectivity index (χ0v) is 20.7. The van der Waals surface area contributed by atoms with Gasteiger partial charge in [0, 0.05) is 30.6 Å². The smallest absolute Gasteiger partial charge is 0.364 e. The van der Waals surface area contributed by atoms with E-state index >= 15 is 0 Å². The van der Waals surface area contributed by atoms with E-state index in [2.05, 4.69) is 42.9 Å². The SMILES string of the molecule is CCN(CC)CC.C[C@]12CC[C@H]3C(=CCC4=C3CC[C@](O)(OS(=O)(=O)O)C4)[C@@H]1CCC2=O. The fourth-order valence-corrected chi connectivity index (χ4v) is 6.82. The van der Waals surface area contributed by atoms with Crippen molar-refractivity contribution in [3.63, 3.8) is 0 Å². The van der Waals surface area contributed by atoms with Gasteiger partial charge in [0.1, 0.15) is 5.78 Å². The average molecular weight is 470 g/mol. The Hall–Kier alpha value is -1.06. The summed E-state index contributed by atoms with van der Waals surface area (Å²) in [5.41, 5.74) is 3.45. The van der Waals surface area contributed by atoms with Crippen LogP contribution in [-0.2, 0) is 19.4 Å². The highest BCUT2D eigenvalue weighted by Gasteiger charge is 2.53. The van der Waals surface area contributed by atoms with Crippen molar-refractivity contribution in [3.05, 3.63) is 22.8 Å². The summed E-state index contributed by atoms with van der Waals surface area (Å²) in [5, 5.41) is 10.4. The van der Waals surface area contributed by atoms with E-state index in [4.69, 9.17) is 4.55 Å². The molecule has 182 valence electrons. The molecule has 0 spiro atoms. The van der Waals surface area contributed by atoms with Crippen molar-refractivity contribution in [2.75, 3.05) is 19.6 Å². The lowest BCUT2D eigenvalue weighted by molar-refractivity contribution is -0.146. The maximum absolute atomic E-state index is 12.3. The topological polar surface area (TPSA) is 104 Å². The van der Waals surface area contributed by atoms with Gasteiger partial charge in [0.15, 0.2) is 5.79 Å². The van der Waals surface area contributed by atoms with Crippen LogP contribution in [-0.4, -0.2) is 54.2 Å². The van der Waals surface area contributed by atoms with Crippen LogP contribution in [0.25, 0.3) is 0 Å². The third kappa shape index (κ3) is 5.20. The first kappa shape index (κ1) is 25.6. The second-order valence-corrected chi connectivity index (χ2v) is 10.8. The number of carbonyl (C=O) groups is 1. The first-order valence-corrected chi connectivity index (χ1v) is 13.4. The van der Waals surface area contributed by atoms with Crippen molar-refractivity contribution in [2.45, 2.75) is 84.8 Å². The van der Waals surface area contributed by atoms with Gasteiger partial charge in [0.25, 0.3) is 0 Å². The largest absolute Gasteiger partial charge is 0.400 e. The summed E-state index contributed by atoms with van der Waals surface area (Å²) in [6, 6.07) is 0. The second kappa shape index (κ2) is 9.66. The van der Waals surface area contributed by atoms with Gasteiger partial charge in [-0.05, 0) is 57.7 Å². The third-order valence-corrected chi connectivity index (χ3v) is 8.68. The zero-order chi connectivity index (χ0) is 23.7. The van der Waals surface area contributed by atoms with Gasteiger partial charge in [-0.2, -0.15) is 8.42 Å². The number of hydrogen-bond acceptors (Lipinski definition) is 6. The number of carbonyl (C=O) groups excluding carboxylic acids is 1. The highest BCUT2D eigenvalue weighted by molar-refractivity contribution is 7.80. The predicted octanol–water partition coefficient (Wildman–Crippen LogP) is 4.05. The van der Waals surface area contributed by atoms with Gasteiger partial charge in [-0.25, -0.2) is 4.18 Å². The molecule has 4 rings (SSSR count). The van der Waals surface area contributed by atoms with E-state index in [1.807, 2.05) is 0 Å². The number of aliphatic hydroxyl groups is 1. The first-order chi connectivity index (χ1) is 15.0. The predicted molar refractivity (Wildman–Crippen MR) is 123 cm³/mol. The van der Waals surface area contributed by atoms with E-state index in [0.29, 0.717) is 36.9 Å². The maximum atomic E-state index is 12.3. The van der Waals surface area contributed by atoms with Crippen LogP contribution < -0.4 is 0 Å². The number of allylic oxidation sites excluding steroid dienone is 3. The Kier molecular flexibility index (Phi) is 7.72. The second-order valence-electron chi connectivity index (χ2n) is 9.81. The fraction of sp³-hybridized carbons (Fsp3) is 0.792. The molecular formula is C24H39NO6S. The number of fused-ring (bicyclic) bond motifs is 4. The molecule has 0 unspecified atom stereocenters. The summed E-state index contributed by atoms with van der Waals surface area (Å²) in [6.07, 6.45) is 7.06. The number of rotatable bonds is 5. The summed E-state index contributed by atoms with van der Waals surface area (Å²) in [7, 11) is -4.69. The summed E-state index contributed by atoms with van der Waals surface area (Å²) in [5.74, 6) is -0.841. The zero-order valence-electron chi connectivity index (χ0n) is 19.9. The molecule has 0 saturated heterocycles. The van der Waals surface area contributed by atoms with Crippen LogP contribution in [0.15, 0.2) is 22.8 Å². The Morgan fingerprint density at radius 2 is 1.78 bits per heavy atom. The molecule has 0 amide bonds. The molecule has 32 heavy (non-hydrogen) atoms. The van der Waals surface area contributed by atoms with Crippen molar-refractivity contribution in [1.29, 1.82) is 0 Å². The Morgan fingerprint density at radius 1 is 1.12 bits per heavy atom. The van der Waals surface area contributed by atoms with Crippen molar-refractivity contribution in [1.82, 2.24) is 4.90 Å². The lowest BCUT2D eigenvalue weighted by Crippen LogP contribution is -2.42. The van der Waals surface area contributed by atoms with Crippen LogP contribution in [0, 0.1) is 17.3 Å². The van der Waals surface area contributed by atoms with E-state index in [9.17, 15) is 18.3 Å².